The molecule has 0 saturated heterocycles. The van der Waals surface area contributed by atoms with Gasteiger partial charge in [-0.05, 0) is 43.0 Å². The topological polar surface area (TPSA) is 55.1 Å². The number of hydrogen-bond acceptors (Lipinski definition) is 2. The molecule has 0 radical (unpaired) electrons. The first kappa shape index (κ1) is 12.1. The summed E-state index contributed by atoms with van der Waals surface area (Å²) in [6, 6.07) is 8.12. The van der Waals surface area contributed by atoms with Crippen LogP contribution in [0, 0.1) is 5.92 Å². The highest BCUT2D eigenvalue weighted by molar-refractivity contribution is 5.94. The molecule has 0 aliphatic heterocycles. The largest absolute Gasteiger partial charge is 0.349 e. The van der Waals surface area contributed by atoms with Crippen LogP contribution in [0.4, 0.5) is 0 Å². The molecule has 0 bridgehead atoms. The van der Waals surface area contributed by atoms with Gasteiger partial charge in [-0.3, -0.25) is 4.79 Å². The van der Waals surface area contributed by atoms with Crippen molar-refractivity contribution in [3.8, 4) is 0 Å². The summed E-state index contributed by atoms with van der Waals surface area (Å²) in [6.45, 7) is 2.78. The number of rotatable bonds is 5. The van der Waals surface area contributed by atoms with Crippen molar-refractivity contribution in [3.63, 3.8) is 0 Å². The Morgan fingerprint density at radius 1 is 1.53 bits per heavy atom. The Morgan fingerprint density at radius 2 is 2.35 bits per heavy atom. The molecular formula is C14H20N2O. The normalized spacial score (nSPS) is 22.2. The molecular weight excluding hydrogens is 212 g/mol. The third-order valence-electron chi connectivity index (χ3n) is 3.39. The van der Waals surface area contributed by atoms with Gasteiger partial charge in [-0.25, -0.2) is 0 Å². The molecule has 0 heterocycles. The summed E-state index contributed by atoms with van der Waals surface area (Å²) in [5.41, 5.74) is 7.39. The maximum atomic E-state index is 12.0. The van der Waals surface area contributed by atoms with Crippen molar-refractivity contribution >= 4 is 5.91 Å². The predicted molar refractivity (Wildman–Crippen MR) is 68.9 cm³/mol. The van der Waals surface area contributed by atoms with E-state index in [9.17, 15) is 4.79 Å². The first-order valence-electron chi connectivity index (χ1n) is 6.34. The quantitative estimate of drug-likeness (QED) is 0.812. The third kappa shape index (κ3) is 3.07. The minimum atomic E-state index is 0.0461. The molecule has 92 valence electrons. The molecule has 1 fully saturated rings. The van der Waals surface area contributed by atoms with Gasteiger partial charge in [-0.15, -0.1) is 0 Å². The van der Waals surface area contributed by atoms with E-state index in [1.165, 1.54) is 0 Å². The lowest BCUT2D eigenvalue weighted by Crippen LogP contribution is -2.26. The van der Waals surface area contributed by atoms with Gasteiger partial charge in [0.1, 0.15) is 0 Å². The van der Waals surface area contributed by atoms with Crippen LogP contribution < -0.4 is 11.1 Å². The van der Waals surface area contributed by atoms with Gasteiger partial charge in [0, 0.05) is 11.6 Å². The van der Waals surface area contributed by atoms with E-state index in [0.717, 1.165) is 30.4 Å². The molecule has 3 nitrogen and oxygen atoms in total. The fraction of sp³-hybridized carbons (Fsp3) is 0.500. The summed E-state index contributed by atoms with van der Waals surface area (Å²) in [4.78, 5) is 12.0. The Hall–Kier alpha value is -1.35. The van der Waals surface area contributed by atoms with Crippen LogP contribution in [-0.4, -0.2) is 18.5 Å². The molecule has 2 atom stereocenters. The lowest BCUT2D eigenvalue weighted by Gasteiger charge is -2.06. The second-order valence-electron chi connectivity index (χ2n) is 4.72. The number of hydrogen-bond donors (Lipinski definition) is 2. The number of carbonyl (C=O) groups is 1. The maximum Gasteiger partial charge on any atom is 0.251 e. The second kappa shape index (κ2) is 5.32. The summed E-state index contributed by atoms with van der Waals surface area (Å²) in [5.74, 6) is 0.732. The van der Waals surface area contributed by atoms with Crippen molar-refractivity contribution in [2.75, 3.05) is 6.54 Å². The van der Waals surface area contributed by atoms with Gasteiger partial charge in [0.05, 0.1) is 0 Å². The molecule has 1 saturated carbocycles. The van der Waals surface area contributed by atoms with E-state index in [4.69, 9.17) is 5.73 Å². The van der Waals surface area contributed by atoms with Gasteiger partial charge in [0.2, 0.25) is 0 Å². The first-order valence-corrected chi connectivity index (χ1v) is 6.34. The van der Waals surface area contributed by atoms with Crippen LogP contribution in [0.25, 0.3) is 0 Å². The zero-order chi connectivity index (χ0) is 12.3. The van der Waals surface area contributed by atoms with E-state index in [2.05, 4.69) is 12.2 Å². The van der Waals surface area contributed by atoms with Crippen molar-refractivity contribution in [2.24, 2.45) is 11.7 Å². The lowest BCUT2D eigenvalue weighted by atomic mass is 10.1. The van der Waals surface area contributed by atoms with Gasteiger partial charge in [0.25, 0.3) is 5.91 Å². The van der Waals surface area contributed by atoms with Crippen molar-refractivity contribution in [3.05, 3.63) is 35.4 Å². The van der Waals surface area contributed by atoms with Crippen LogP contribution >= 0.6 is 0 Å². The molecule has 2 rings (SSSR count). The summed E-state index contributed by atoms with van der Waals surface area (Å²) < 4.78 is 0. The monoisotopic (exact) mass is 232 g/mol. The minimum absolute atomic E-state index is 0.0461. The Kier molecular flexibility index (Phi) is 3.79. The Balaban J connectivity index is 1.96. The van der Waals surface area contributed by atoms with Gasteiger partial charge in [0.15, 0.2) is 0 Å². The molecule has 0 spiro atoms. The Morgan fingerprint density at radius 3 is 3.00 bits per heavy atom. The number of nitrogens with two attached hydrogens (primary N) is 1. The zero-order valence-corrected chi connectivity index (χ0v) is 10.3. The molecule has 1 aromatic rings. The Bertz CT molecular complexity index is 403. The summed E-state index contributed by atoms with van der Waals surface area (Å²) in [5, 5.41) is 3.07. The van der Waals surface area contributed by atoms with Crippen LogP contribution in [0.3, 0.4) is 0 Å². The molecule has 1 aliphatic carbocycles. The van der Waals surface area contributed by atoms with E-state index in [0.29, 0.717) is 18.5 Å². The summed E-state index contributed by atoms with van der Waals surface area (Å²) in [6.07, 6.45) is 3.10. The Labute approximate surface area is 102 Å². The highest BCUT2D eigenvalue weighted by Crippen LogP contribution is 2.33. The van der Waals surface area contributed by atoms with E-state index in [1.807, 2.05) is 24.3 Å². The average molecular weight is 232 g/mol. The van der Waals surface area contributed by atoms with E-state index in [1.54, 1.807) is 0 Å². The van der Waals surface area contributed by atoms with E-state index in [-0.39, 0.29) is 5.91 Å². The third-order valence-corrected chi connectivity index (χ3v) is 3.39. The molecule has 1 amide bonds. The minimum Gasteiger partial charge on any atom is -0.349 e. The maximum absolute atomic E-state index is 12.0. The van der Waals surface area contributed by atoms with Crippen molar-refractivity contribution < 1.29 is 4.79 Å². The number of nitrogens with one attached hydrogen (secondary N) is 1. The molecule has 3 N–H and O–H groups in total. The highest BCUT2D eigenvalue weighted by Gasteiger charge is 2.36. The predicted octanol–water partition coefficient (Wildman–Crippen LogP) is 1.72. The van der Waals surface area contributed by atoms with Gasteiger partial charge < -0.3 is 11.1 Å². The smallest absolute Gasteiger partial charge is 0.251 e. The fourth-order valence-electron chi connectivity index (χ4n) is 2.16. The van der Waals surface area contributed by atoms with Gasteiger partial charge >= 0.3 is 0 Å². The summed E-state index contributed by atoms with van der Waals surface area (Å²) >= 11 is 0. The van der Waals surface area contributed by atoms with Crippen molar-refractivity contribution in [1.82, 2.24) is 5.32 Å². The fourth-order valence-corrected chi connectivity index (χ4v) is 2.16. The van der Waals surface area contributed by atoms with Crippen LogP contribution in [-0.2, 0) is 6.42 Å². The summed E-state index contributed by atoms with van der Waals surface area (Å²) in [7, 11) is 0. The number of benzene rings is 1. The standard InChI is InChI=1S/C14H20N2O/c1-2-11-9-13(11)16-14(17)12-5-3-4-10(8-12)6-7-15/h3-5,8,11,13H,2,6-7,9,15H2,1H3,(H,16,17). The molecule has 17 heavy (non-hydrogen) atoms. The van der Waals surface area contributed by atoms with Crippen LogP contribution in [0.1, 0.15) is 35.7 Å². The van der Waals surface area contributed by atoms with E-state index >= 15 is 0 Å². The van der Waals surface area contributed by atoms with Gasteiger partial charge in [-0.2, -0.15) is 0 Å². The van der Waals surface area contributed by atoms with Gasteiger partial charge in [-0.1, -0.05) is 25.5 Å². The van der Waals surface area contributed by atoms with Crippen LogP contribution in [0.2, 0.25) is 0 Å². The molecule has 2 unspecified atom stereocenters. The lowest BCUT2D eigenvalue weighted by molar-refractivity contribution is 0.0949. The number of amides is 1. The molecule has 1 aromatic carbocycles. The molecule has 1 aliphatic rings. The second-order valence-corrected chi connectivity index (χ2v) is 4.72. The van der Waals surface area contributed by atoms with E-state index < -0.39 is 0 Å². The first-order chi connectivity index (χ1) is 8.24. The average Bonchev–Trinajstić information content (AvgIpc) is 3.08. The van der Waals surface area contributed by atoms with Crippen LogP contribution in [0.5, 0.6) is 0 Å². The zero-order valence-electron chi connectivity index (χ0n) is 10.3. The van der Waals surface area contributed by atoms with Crippen LogP contribution in [0.15, 0.2) is 24.3 Å². The van der Waals surface area contributed by atoms with Crippen molar-refractivity contribution in [2.45, 2.75) is 32.2 Å². The highest BCUT2D eigenvalue weighted by atomic mass is 16.1. The molecule has 0 aromatic heterocycles. The SMILES string of the molecule is CCC1CC1NC(=O)c1cccc(CCN)c1. The van der Waals surface area contributed by atoms with Crippen molar-refractivity contribution in [1.29, 1.82) is 0 Å². The molecule has 3 heteroatoms. The number of carbonyl (C=O) groups excluding carboxylic acids is 1.